The first-order chi connectivity index (χ1) is 10.5. The number of aromatic nitrogens is 1. The van der Waals surface area contributed by atoms with Crippen LogP contribution in [0.2, 0.25) is 0 Å². The van der Waals surface area contributed by atoms with Crippen molar-refractivity contribution in [3.8, 4) is 0 Å². The summed E-state index contributed by atoms with van der Waals surface area (Å²) in [5.41, 5.74) is 0.625. The molecular formula is C14H7BrN2O4S. The molecule has 0 saturated heterocycles. The van der Waals surface area contributed by atoms with Crippen molar-refractivity contribution in [1.82, 2.24) is 4.57 Å². The number of nitro groups is 1. The Balaban J connectivity index is 2.11. The zero-order valence-electron chi connectivity index (χ0n) is 10.9. The van der Waals surface area contributed by atoms with E-state index >= 15 is 0 Å². The van der Waals surface area contributed by atoms with E-state index in [0.717, 1.165) is 20.4 Å². The Labute approximate surface area is 135 Å². The normalized spacial score (nSPS) is 10.8. The van der Waals surface area contributed by atoms with Crippen molar-refractivity contribution in [2.75, 3.05) is 0 Å². The minimum Gasteiger partial charge on any atom is -0.268 e. The summed E-state index contributed by atoms with van der Waals surface area (Å²) < 4.78 is 2.58. The number of benzene rings is 2. The number of fused-ring (bicyclic) bond motifs is 1. The van der Waals surface area contributed by atoms with Crippen molar-refractivity contribution >= 4 is 49.1 Å². The van der Waals surface area contributed by atoms with E-state index in [1.54, 1.807) is 18.2 Å². The number of nitro benzene ring substituents is 1. The Kier molecular flexibility index (Phi) is 3.63. The zero-order valence-corrected chi connectivity index (χ0v) is 13.3. The van der Waals surface area contributed by atoms with Crippen LogP contribution < -0.4 is 4.87 Å². The van der Waals surface area contributed by atoms with E-state index in [0.29, 0.717) is 10.2 Å². The molecular weight excluding hydrogens is 372 g/mol. The standard InChI is InChI=1S/C14H7BrN2O4S/c15-9-3-6-11-12(7-9)22-14(19)16(11)13(18)8-1-4-10(5-2-8)17(20)21/h1-7H. The van der Waals surface area contributed by atoms with Crippen LogP contribution in [0.4, 0.5) is 5.69 Å². The van der Waals surface area contributed by atoms with Crippen molar-refractivity contribution in [2.45, 2.75) is 0 Å². The molecule has 110 valence electrons. The molecule has 0 spiro atoms. The molecule has 0 atom stereocenters. The average Bonchev–Trinajstić information content (AvgIpc) is 2.81. The monoisotopic (exact) mass is 378 g/mol. The largest absolute Gasteiger partial charge is 0.315 e. The molecule has 0 radical (unpaired) electrons. The van der Waals surface area contributed by atoms with Gasteiger partial charge < -0.3 is 0 Å². The molecule has 3 rings (SSSR count). The number of hydrogen-bond donors (Lipinski definition) is 0. The van der Waals surface area contributed by atoms with Crippen LogP contribution >= 0.6 is 27.3 Å². The lowest BCUT2D eigenvalue weighted by atomic mass is 10.2. The highest BCUT2D eigenvalue weighted by Gasteiger charge is 2.17. The number of nitrogens with zero attached hydrogens (tertiary/aromatic N) is 2. The van der Waals surface area contributed by atoms with Crippen LogP contribution in [-0.2, 0) is 0 Å². The lowest BCUT2D eigenvalue weighted by molar-refractivity contribution is -0.384. The lowest BCUT2D eigenvalue weighted by Crippen LogP contribution is -2.22. The molecule has 1 aromatic heterocycles. The Morgan fingerprint density at radius 2 is 1.86 bits per heavy atom. The van der Waals surface area contributed by atoms with Crippen LogP contribution in [0.1, 0.15) is 10.4 Å². The molecule has 0 fully saturated rings. The van der Waals surface area contributed by atoms with Gasteiger partial charge in [0.2, 0.25) is 0 Å². The van der Waals surface area contributed by atoms with Crippen LogP contribution in [0.15, 0.2) is 51.7 Å². The Hall–Kier alpha value is -2.32. The summed E-state index contributed by atoms with van der Waals surface area (Å²) in [6.45, 7) is 0. The fraction of sp³-hybridized carbons (Fsp3) is 0. The van der Waals surface area contributed by atoms with E-state index in [4.69, 9.17) is 0 Å². The van der Waals surface area contributed by atoms with Crippen LogP contribution in [0, 0.1) is 10.1 Å². The molecule has 1 heterocycles. The molecule has 8 heteroatoms. The average molecular weight is 379 g/mol. The van der Waals surface area contributed by atoms with Gasteiger partial charge in [0.1, 0.15) is 0 Å². The Bertz CT molecular complexity index is 959. The third-order valence-corrected chi connectivity index (χ3v) is 4.47. The summed E-state index contributed by atoms with van der Waals surface area (Å²) in [6.07, 6.45) is 0. The first-order valence-electron chi connectivity index (χ1n) is 6.07. The molecule has 0 aliphatic heterocycles. The number of non-ortho nitro benzene ring substituents is 1. The molecule has 0 aliphatic carbocycles. The van der Waals surface area contributed by atoms with Crippen LogP contribution in [0.5, 0.6) is 0 Å². The number of carbonyl (C=O) groups is 1. The molecule has 0 bridgehead atoms. The fourth-order valence-electron chi connectivity index (χ4n) is 2.04. The van der Waals surface area contributed by atoms with Gasteiger partial charge in [0.25, 0.3) is 11.6 Å². The van der Waals surface area contributed by atoms with Gasteiger partial charge in [-0.25, -0.2) is 4.57 Å². The van der Waals surface area contributed by atoms with Gasteiger partial charge in [0, 0.05) is 22.2 Å². The molecule has 2 aromatic carbocycles. The maximum Gasteiger partial charge on any atom is 0.315 e. The van der Waals surface area contributed by atoms with Crippen LogP contribution in [0.3, 0.4) is 0 Å². The van der Waals surface area contributed by atoms with Crippen molar-refractivity contribution in [1.29, 1.82) is 0 Å². The minimum absolute atomic E-state index is 0.108. The van der Waals surface area contributed by atoms with Gasteiger partial charge >= 0.3 is 4.87 Å². The second kappa shape index (κ2) is 5.47. The molecule has 0 amide bonds. The maximum absolute atomic E-state index is 12.5. The summed E-state index contributed by atoms with van der Waals surface area (Å²) in [5.74, 6) is -0.506. The summed E-state index contributed by atoms with van der Waals surface area (Å²) in [4.78, 5) is 34.3. The molecule has 0 unspecified atom stereocenters. The maximum atomic E-state index is 12.5. The third-order valence-electron chi connectivity index (χ3n) is 3.07. The van der Waals surface area contributed by atoms with Crippen LogP contribution in [-0.4, -0.2) is 15.4 Å². The van der Waals surface area contributed by atoms with E-state index in [-0.39, 0.29) is 11.3 Å². The highest BCUT2D eigenvalue weighted by Crippen LogP contribution is 2.23. The quantitative estimate of drug-likeness (QED) is 0.505. The van der Waals surface area contributed by atoms with E-state index in [2.05, 4.69) is 15.9 Å². The minimum atomic E-state index is -0.544. The predicted octanol–water partition coefficient (Wildman–Crippen LogP) is 3.42. The molecule has 0 saturated carbocycles. The number of rotatable bonds is 2. The second-order valence-electron chi connectivity index (χ2n) is 4.42. The van der Waals surface area contributed by atoms with E-state index < -0.39 is 15.7 Å². The highest BCUT2D eigenvalue weighted by molar-refractivity contribution is 9.10. The van der Waals surface area contributed by atoms with E-state index in [1.807, 2.05) is 0 Å². The molecule has 0 aliphatic rings. The molecule has 0 N–H and O–H groups in total. The van der Waals surface area contributed by atoms with Gasteiger partial charge in [-0.3, -0.25) is 19.7 Å². The van der Waals surface area contributed by atoms with E-state index in [9.17, 15) is 19.7 Å². The Morgan fingerprint density at radius 3 is 2.50 bits per heavy atom. The van der Waals surface area contributed by atoms with Crippen molar-refractivity contribution in [3.63, 3.8) is 0 Å². The highest BCUT2D eigenvalue weighted by atomic mass is 79.9. The summed E-state index contributed by atoms with van der Waals surface area (Å²) in [5, 5.41) is 10.6. The van der Waals surface area contributed by atoms with Crippen LogP contribution in [0.25, 0.3) is 10.2 Å². The number of hydrogen-bond acceptors (Lipinski definition) is 5. The van der Waals surface area contributed by atoms with Gasteiger partial charge in [-0.15, -0.1) is 0 Å². The summed E-state index contributed by atoms with van der Waals surface area (Å²) in [6, 6.07) is 10.4. The molecule has 22 heavy (non-hydrogen) atoms. The zero-order chi connectivity index (χ0) is 15.9. The van der Waals surface area contributed by atoms with E-state index in [1.165, 1.54) is 24.3 Å². The smallest absolute Gasteiger partial charge is 0.268 e. The summed E-state index contributed by atoms with van der Waals surface area (Å²) >= 11 is 4.29. The number of thiazole rings is 1. The molecule has 3 aromatic rings. The first-order valence-corrected chi connectivity index (χ1v) is 7.68. The SMILES string of the molecule is O=C(c1ccc([N+](=O)[O-])cc1)n1c(=O)sc2cc(Br)ccc21. The Morgan fingerprint density at radius 1 is 1.18 bits per heavy atom. The topological polar surface area (TPSA) is 82.2 Å². The van der Waals surface area contributed by atoms with Crippen molar-refractivity contribution < 1.29 is 9.72 Å². The first kappa shape index (κ1) is 14.6. The molecule has 6 nitrogen and oxygen atoms in total. The number of carbonyl (C=O) groups excluding carboxylic acids is 1. The van der Waals surface area contributed by atoms with Gasteiger partial charge in [-0.05, 0) is 30.3 Å². The summed E-state index contributed by atoms with van der Waals surface area (Å²) in [7, 11) is 0. The second-order valence-corrected chi connectivity index (χ2v) is 6.33. The number of halogens is 1. The predicted molar refractivity (Wildman–Crippen MR) is 86.6 cm³/mol. The van der Waals surface area contributed by atoms with Gasteiger partial charge in [-0.2, -0.15) is 0 Å². The van der Waals surface area contributed by atoms with Crippen molar-refractivity contribution in [3.05, 3.63) is 72.3 Å². The van der Waals surface area contributed by atoms with Gasteiger partial charge in [-0.1, -0.05) is 27.3 Å². The lowest BCUT2D eigenvalue weighted by Gasteiger charge is -2.02. The van der Waals surface area contributed by atoms with Gasteiger partial charge in [0.05, 0.1) is 15.1 Å². The van der Waals surface area contributed by atoms with Gasteiger partial charge in [0.15, 0.2) is 0 Å². The third kappa shape index (κ3) is 2.46. The van der Waals surface area contributed by atoms with Crippen molar-refractivity contribution in [2.24, 2.45) is 0 Å². The fourth-order valence-corrected chi connectivity index (χ4v) is 3.46.